The van der Waals surface area contributed by atoms with Crippen LogP contribution in [0.2, 0.25) is 0 Å². The summed E-state index contributed by atoms with van der Waals surface area (Å²) in [5.41, 5.74) is 1.39. The average molecular weight is 398 g/mol. The molecule has 0 unspecified atom stereocenters. The Hall–Kier alpha value is -3.00. The SMILES string of the molecule is CCCCCCc1ccc2cc3cc4cc5cc(F)c(F)cc5cc4cc3cc2c1. The summed E-state index contributed by atoms with van der Waals surface area (Å²) < 4.78 is 27.3. The minimum atomic E-state index is -0.806. The summed E-state index contributed by atoms with van der Waals surface area (Å²) in [4.78, 5) is 0. The third-order valence-corrected chi connectivity index (χ3v) is 6.13. The molecule has 0 saturated heterocycles. The molecule has 2 heteroatoms. The Morgan fingerprint density at radius 1 is 0.500 bits per heavy atom. The first kappa shape index (κ1) is 19.0. The molecule has 5 rings (SSSR count). The van der Waals surface area contributed by atoms with Gasteiger partial charge in [-0.25, -0.2) is 8.78 Å². The fourth-order valence-electron chi connectivity index (χ4n) is 4.46. The number of hydrogen-bond donors (Lipinski definition) is 0. The van der Waals surface area contributed by atoms with Gasteiger partial charge < -0.3 is 0 Å². The number of hydrogen-bond acceptors (Lipinski definition) is 0. The molecule has 0 atom stereocenters. The van der Waals surface area contributed by atoms with Crippen molar-refractivity contribution in [2.24, 2.45) is 0 Å². The van der Waals surface area contributed by atoms with Crippen molar-refractivity contribution < 1.29 is 8.78 Å². The fourth-order valence-corrected chi connectivity index (χ4v) is 4.46. The van der Waals surface area contributed by atoms with Crippen LogP contribution in [0.3, 0.4) is 0 Å². The van der Waals surface area contributed by atoms with Crippen molar-refractivity contribution in [3.8, 4) is 0 Å². The first-order chi connectivity index (χ1) is 14.6. The summed E-state index contributed by atoms with van der Waals surface area (Å²) in [7, 11) is 0. The summed E-state index contributed by atoms with van der Waals surface area (Å²) in [6.45, 7) is 2.24. The van der Waals surface area contributed by atoms with E-state index in [2.05, 4.69) is 49.4 Å². The van der Waals surface area contributed by atoms with Gasteiger partial charge in [0.2, 0.25) is 0 Å². The minimum Gasteiger partial charge on any atom is -0.204 e. The van der Waals surface area contributed by atoms with E-state index in [1.54, 1.807) is 0 Å². The molecule has 0 aromatic heterocycles. The molecule has 0 heterocycles. The maximum atomic E-state index is 13.7. The monoisotopic (exact) mass is 398 g/mol. The van der Waals surface area contributed by atoms with Gasteiger partial charge in [0.1, 0.15) is 0 Å². The molecule has 0 amide bonds. The molecule has 0 fully saturated rings. The molecule has 0 aliphatic carbocycles. The van der Waals surface area contributed by atoms with E-state index in [1.807, 2.05) is 12.1 Å². The van der Waals surface area contributed by atoms with E-state index in [1.165, 1.54) is 59.5 Å². The third kappa shape index (κ3) is 3.52. The first-order valence-electron chi connectivity index (χ1n) is 10.8. The summed E-state index contributed by atoms with van der Waals surface area (Å²) in [5, 5.41) is 8.32. The van der Waals surface area contributed by atoms with E-state index < -0.39 is 11.6 Å². The Balaban J connectivity index is 1.60. The molecule has 0 aliphatic heterocycles. The number of rotatable bonds is 5. The van der Waals surface area contributed by atoms with Gasteiger partial charge in [-0.05, 0) is 110 Å². The van der Waals surface area contributed by atoms with Gasteiger partial charge in [-0.15, -0.1) is 0 Å². The summed E-state index contributed by atoms with van der Waals surface area (Å²) >= 11 is 0. The van der Waals surface area contributed by atoms with Crippen LogP contribution in [0.25, 0.3) is 43.1 Å². The van der Waals surface area contributed by atoms with Crippen molar-refractivity contribution in [2.75, 3.05) is 0 Å². The predicted octanol–water partition coefficient (Wildman–Crippen LogP) is 8.70. The Bertz CT molecular complexity index is 1400. The summed E-state index contributed by atoms with van der Waals surface area (Å²) in [5.74, 6) is -1.61. The lowest BCUT2D eigenvalue weighted by atomic mass is 9.96. The maximum absolute atomic E-state index is 13.7. The topological polar surface area (TPSA) is 0 Å². The van der Waals surface area contributed by atoms with Gasteiger partial charge >= 0.3 is 0 Å². The van der Waals surface area contributed by atoms with Gasteiger partial charge in [0.15, 0.2) is 11.6 Å². The Morgan fingerprint density at radius 3 is 1.50 bits per heavy atom. The molecule has 5 aromatic carbocycles. The second-order valence-corrected chi connectivity index (χ2v) is 8.36. The molecule has 5 aromatic rings. The smallest absolute Gasteiger partial charge is 0.159 e. The van der Waals surface area contributed by atoms with E-state index in [4.69, 9.17) is 0 Å². The Labute approximate surface area is 175 Å². The number of unbranched alkanes of at least 4 members (excludes halogenated alkanes) is 3. The Morgan fingerprint density at radius 2 is 0.967 bits per heavy atom. The van der Waals surface area contributed by atoms with Crippen LogP contribution in [0.5, 0.6) is 0 Å². The summed E-state index contributed by atoms with van der Waals surface area (Å²) in [6, 6.07) is 22.0. The highest BCUT2D eigenvalue weighted by Gasteiger charge is 2.07. The molecular formula is C28H24F2. The van der Waals surface area contributed by atoms with Gasteiger partial charge in [0.25, 0.3) is 0 Å². The van der Waals surface area contributed by atoms with E-state index in [-0.39, 0.29) is 0 Å². The highest BCUT2D eigenvalue weighted by Crippen LogP contribution is 2.31. The number of aryl methyl sites for hydroxylation is 1. The predicted molar refractivity (Wildman–Crippen MR) is 124 cm³/mol. The van der Waals surface area contributed by atoms with Crippen molar-refractivity contribution in [3.05, 3.63) is 83.9 Å². The van der Waals surface area contributed by atoms with Crippen LogP contribution in [0, 0.1) is 11.6 Å². The highest BCUT2D eigenvalue weighted by atomic mass is 19.2. The van der Waals surface area contributed by atoms with Crippen molar-refractivity contribution in [2.45, 2.75) is 39.0 Å². The van der Waals surface area contributed by atoms with Crippen LogP contribution >= 0.6 is 0 Å². The van der Waals surface area contributed by atoms with Crippen LogP contribution in [-0.2, 0) is 6.42 Å². The summed E-state index contributed by atoms with van der Waals surface area (Å²) in [6.07, 6.45) is 6.21. The molecule has 0 bridgehead atoms. The van der Waals surface area contributed by atoms with Crippen molar-refractivity contribution >= 4 is 43.1 Å². The standard InChI is InChI=1S/C28H24F2/c1-2-3-4-5-6-18-7-8-19-10-21-12-23-14-25-16-27(29)28(30)17-26(25)15-24(23)13-22(21)11-20(19)9-18/h7-17H,2-6H2,1H3. The second kappa shape index (κ2) is 7.68. The molecule has 0 aliphatic rings. The van der Waals surface area contributed by atoms with Crippen molar-refractivity contribution in [1.82, 2.24) is 0 Å². The van der Waals surface area contributed by atoms with Crippen LogP contribution in [0.4, 0.5) is 8.78 Å². The molecule has 150 valence electrons. The largest absolute Gasteiger partial charge is 0.204 e. The molecule has 0 nitrogen and oxygen atoms in total. The van der Waals surface area contributed by atoms with E-state index in [0.29, 0.717) is 5.39 Å². The zero-order valence-corrected chi connectivity index (χ0v) is 17.1. The fraction of sp³-hybridized carbons (Fsp3) is 0.214. The lowest BCUT2D eigenvalue weighted by Crippen LogP contribution is -1.87. The van der Waals surface area contributed by atoms with E-state index >= 15 is 0 Å². The lowest BCUT2D eigenvalue weighted by molar-refractivity contribution is 0.511. The van der Waals surface area contributed by atoms with Gasteiger partial charge in [-0.3, -0.25) is 0 Å². The quantitative estimate of drug-likeness (QED) is 0.205. The molecule has 0 N–H and O–H groups in total. The molecule has 0 saturated carbocycles. The highest BCUT2D eigenvalue weighted by molar-refractivity contribution is 6.08. The van der Waals surface area contributed by atoms with Crippen LogP contribution < -0.4 is 0 Å². The van der Waals surface area contributed by atoms with Crippen LogP contribution in [-0.4, -0.2) is 0 Å². The van der Waals surface area contributed by atoms with Gasteiger partial charge in [-0.1, -0.05) is 44.4 Å². The second-order valence-electron chi connectivity index (χ2n) is 8.36. The zero-order chi connectivity index (χ0) is 20.7. The van der Waals surface area contributed by atoms with Gasteiger partial charge in [0, 0.05) is 0 Å². The van der Waals surface area contributed by atoms with E-state index in [0.717, 1.165) is 28.0 Å². The normalized spacial score (nSPS) is 11.8. The average Bonchev–Trinajstić information content (AvgIpc) is 2.73. The number of benzene rings is 5. The number of halogens is 2. The third-order valence-electron chi connectivity index (χ3n) is 6.13. The molecule has 30 heavy (non-hydrogen) atoms. The van der Waals surface area contributed by atoms with Gasteiger partial charge in [-0.2, -0.15) is 0 Å². The molecule has 0 radical (unpaired) electrons. The minimum absolute atomic E-state index is 0.717. The molecular weight excluding hydrogens is 374 g/mol. The number of fused-ring (bicyclic) bond motifs is 4. The Kier molecular flexibility index (Phi) is 4.86. The first-order valence-corrected chi connectivity index (χ1v) is 10.8. The van der Waals surface area contributed by atoms with E-state index in [9.17, 15) is 8.78 Å². The maximum Gasteiger partial charge on any atom is 0.159 e. The van der Waals surface area contributed by atoms with Crippen molar-refractivity contribution in [1.29, 1.82) is 0 Å². The van der Waals surface area contributed by atoms with Gasteiger partial charge in [0.05, 0.1) is 0 Å². The van der Waals surface area contributed by atoms with Crippen molar-refractivity contribution in [3.63, 3.8) is 0 Å². The molecule has 0 spiro atoms. The van der Waals surface area contributed by atoms with Crippen LogP contribution in [0.1, 0.15) is 38.2 Å². The lowest BCUT2D eigenvalue weighted by Gasteiger charge is -2.09. The zero-order valence-electron chi connectivity index (χ0n) is 17.1. The van der Waals surface area contributed by atoms with Crippen LogP contribution in [0.15, 0.2) is 66.7 Å².